The van der Waals surface area contributed by atoms with Crippen molar-refractivity contribution in [2.45, 2.75) is 213 Å². The highest BCUT2D eigenvalue weighted by molar-refractivity contribution is 6.05. The van der Waals surface area contributed by atoms with Gasteiger partial charge in [0, 0.05) is 11.3 Å². The minimum atomic E-state index is -0.250. The van der Waals surface area contributed by atoms with E-state index in [1.807, 2.05) is 12.1 Å². The van der Waals surface area contributed by atoms with E-state index in [-0.39, 0.29) is 11.7 Å². The molecule has 0 bridgehead atoms. The van der Waals surface area contributed by atoms with Crippen molar-refractivity contribution in [3.8, 4) is 23.0 Å². The average Bonchev–Trinajstić information content (AvgIpc) is 3.19. The summed E-state index contributed by atoms with van der Waals surface area (Å²) in [6.45, 7) is 8.56. The molecule has 2 N–H and O–H groups in total. The monoisotopic (exact) mass is 766 g/mol. The SMILES string of the molecule is CCCCCCCCCCCCOc1cc(C(=O)Nc2ccc(O)cc2)cc(OCCCCCCCCCCCC)c1OCCCCCCCCCCCC. The van der Waals surface area contributed by atoms with Gasteiger partial charge >= 0.3 is 0 Å². The number of aromatic hydroxyl groups is 1. The van der Waals surface area contributed by atoms with Crippen LogP contribution in [0.25, 0.3) is 0 Å². The zero-order valence-electron chi connectivity index (χ0n) is 35.9. The van der Waals surface area contributed by atoms with Crippen LogP contribution in [0, 0.1) is 0 Å². The van der Waals surface area contributed by atoms with Gasteiger partial charge in [-0.25, -0.2) is 0 Å². The van der Waals surface area contributed by atoms with Gasteiger partial charge in [0.05, 0.1) is 19.8 Å². The molecular weight excluding hydrogens is 683 g/mol. The Hall–Kier alpha value is -2.89. The first-order valence-electron chi connectivity index (χ1n) is 23.3. The quantitative estimate of drug-likeness (QED) is 0.0526. The number of phenols is 1. The summed E-state index contributed by atoms with van der Waals surface area (Å²) in [4.78, 5) is 13.6. The second kappa shape index (κ2) is 34.4. The van der Waals surface area contributed by atoms with E-state index in [4.69, 9.17) is 14.2 Å². The number of benzene rings is 2. The molecule has 6 nitrogen and oxygen atoms in total. The van der Waals surface area contributed by atoms with Crippen LogP contribution >= 0.6 is 0 Å². The summed E-state index contributed by atoms with van der Waals surface area (Å²) in [5, 5.41) is 12.7. The van der Waals surface area contributed by atoms with Crippen molar-refractivity contribution in [2.75, 3.05) is 25.1 Å². The highest BCUT2D eigenvalue weighted by atomic mass is 16.5. The van der Waals surface area contributed by atoms with Gasteiger partial charge in [0.2, 0.25) is 5.75 Å². The minimum Gasteiger partial charge on any atom is -0.508 e. The molecule has 2 aromatic carbocycles. The zero-order valence-corrected chi connectivity index (χ0v) is 35.9. The maximum atomic E-state index is 13.6. The summed E-state index contributed by atoms with van der Waals surface area (Å²) in [6, 6.07) is 10.2. The number of phenolic OH excluding ortho intramolecular Hbond substituents is 1. The zero-order chi connectivity index (χ0) is 39.4. The summed E-state index contributed by atoms with van der Waals surface area (Å²) in [5.41, 5.74) is 1.08. The van der Waals surface area contributed by atoms with Crippen LogP contribution < -0.4 is 19.5 Å². The molecule has 0 aliphatic rings. The fraction of sp³-hybridized carbons (Fsp3) is 0.735. The third-order valence-corrected chi connectivity index (χ3v) is 10.7. The molecule has 0 unspecified atom stereocenters. The Morgan fingerprint density at radius 1 is 0.455 bits per heavy atom. The molecule has 0 aliphatic carbocycles. The molecule has 0 aliphatic heterocycles. The average molecular weight is 766 g/mol. The molecule has 2 rings (SSSR count). The number of rotatable bonds is 38. The van der Waals surface area contributed by atoms with E-state index in [0.29, 0.717) is 48.3 Å². The van der Waals surface area contributed by atoms with Crippen molar-refractivity contribution in [1.82, 2.24) is 0 Å². The summed E-state index contributed by atoms with van der Waals surface area (Å²) in [7, 11) is 0. The van der Waals surface area contributed by atoms with Crippen LogP contribution in [0.1, 0.15) is 224 Å². The van der Waals surface area contributed by atoms with E-state index >= 15 is 0 Å². The number of nitrogens with one attached hydrogen (secondary N) is 1. The topological polar surface area (TPSA) is 77.0 Å². The van der Waals surface area contributed by atoms with Gasteiger partial charge < -0.3 is 24.6 Å². The summed E-state index contributed by atoms with van der Waals surface area (Å²) >= 11 is 0. The molecule has 6 heteroatoms. The van der Waals surface area contributed by atoms with Crippen molar-refractivity contribution in [1.29, 1.82) is 0 Å². The van der Waals surface area contributed by atoms with E-state index in [2.05, 4.69) is 26.1 Å². The Balaban J connectivity index is 2.05. The first kappa shape index (κ1) is 48.3. The molecule has 0 aromatic heterocycles. The number of anilines is 1. The maximum Gasteiger partial charge on any atom is 0.255 e. The van der Waals surface area contributed by atoms with E-state index < -0.39 is 0 Å². The van der Waals surface area contributed by atoms with Gasteiger partial charge in [-0.15, -0.1) is 0 Å². The fourth-order valence-corrected chi connectivity index (χ4v) is 7.12. The van der Waals surface area contributed by atoms with Crippen LogP contribution in [0.15, 0.2) is 36.4 Å². The lowest BCUT2D eigenvalue weighted by atomic mass is 10.1. The molecule has 0 saturated heterocycles. The predicted molar refractivity (Wildman–Crippen MR) is 235 cm³/mol. The van der Waals surface area contributed by atoms with Crippen molar-refractivity contribution in [3.63, 3.8) is 0 Å². The fourth-order valence-electron chi connectivity index (χ4n) is 7.12. The van der Waals surface area contributed by atoms with Crippen LogP contribution in [0.2, 0.25) is 0 Å². The molecule has 0 fully saturated rings. The summed E-state index contributed by atoms with van der Waals surface area (Å²) < 4.78 is 19.4. The van der Waals surface area contributed by atoms with Crippen LogP contribution in [0.3, 0.4) is 0 Å². The number of unbranched alkanes of at least 4 members (excludes halogenated alkanes) is 27. The van der Waals surface area contributed by atoms with E-state index in [0.717, 1.165) is 38.5 Å². The second-order valence-electron chi connectivity index (χ2n) is 15.9. The van der Waals surface area contributed by atoms with Gasteiger partial charge in [0.25, 0.3) is 5.91 Å². The molecule has 0 radical (unpaired) electrons. The van der Waals surface area contributed by atoms with Crippen LogP contribution in [0.4, 0.5) is 5.69 Å². The van der Waals surface area contributed by atoms with Gasteiger partial charge in [0.1, 0.15) is 5.75 Å². The van der Waals surface area contributed by atoms with E-state index in [1.165, 1.54) is 154 Å². The number of ether oxygens (including phenoxy) is 3. The van der Waals surface area contributed by atoms with Crippen molar-refractivity contribution in [3.05, 3.63) is 42.0 Å². The third-order valence-electron chi connectivity index (χ3n) is 10.7. The van der Waals surface area contributed by atoms with Crippen LogP contribution in [-0.2, 0) is 0 Å². The largest absolute Gasteiger partial charge is 0.508 e. The second-order valence-corrected chi connectivity index (χ2v) is 15.9. The number of hydrogen-bond donors (Lipinski definition) is 2. The molecular formula is C49H83NO5. The number of amides is 1. The normalized spacial score (nSPS) is 11.2. The molecule has 2 aromatic rings. The number of hydrogen-bond acceptors (Lipinski definition) is 5. The molecule has 55 heavy (non-hydrogen) atoms. The molecule has 1 amide bonds. The lowest BCUT2D eigenvalue weighted by molar-refractivity contribution is 0.102. The standard InChI is InChI=1S/C49H83NO5/c1-4-7-10-13-16-19-22-25-28-31-38-53-46-41-43(49(52)50-44-34-36-45(51)37-35-44)42-47(54-39-32-29-26-23-20-17-14-11-8-5-2)48(46)55-40-33-30-27-24-21-18-15-12-9-6-3/h34-37,41-42,51H,4-33,38-40H2,1-3H3,(H,50,52). The van der Waals surface area contributed by atoms with Crippen molar-refractivity contribution in [2.24, 2.45) is 0 Å². The predicted octanol–water partition coefficient (Wildman–Crippen LogP) is 15.5. The van der Waals surface area contributed by atoms with Crippen LogP contribution in [-0.4, -0.2) is 30.8 Å². The third kappa shape index (κ3) is 25.1. The first-order valence-corrected chi connectivity index (χ1v) is 23.3. The lowest BCUT2D eigenvalue weighted by Gasteiger charge is -2.19. The van der Waals surface area contributed by atoms with Crippen LogP contribution in [0.5, 0.6) is 23.0 Å². The van der Waals surface area contributed by atoms with Gasteiger partial charge in [-0.2, -0.15) is 0 Å². The highest BCUT2D eigenvalue weighted by Crippen LogP contribution is 2.40. The summed E-state index contributed by atoms with van der Waals surface area (Å²) in [5.74, 6) is 1.70. The van der Waals surface area contributed by atoms with Gasteiger partial charge in [0.15, 0.2) is 11.5 Å². The highest BCUT2D eigenvalue weighted by Gasteiger charge is 2.19. The Labute approximate surface area is 338 Å². The minimum absolute atomic E-state index is 0.159. The molecule has 0 heterocycles. The Morgan fingerprint density at radius 2 is 0.764 bits per heavy atom. The lowest BCUT2D eigenvalue weighted by Crippen LogP contribution is -2.14. The Kier molecular flexibility index (Phi) is 30.2. The number of carbonyl (C=O) groups excluding carboxylic acids is 1. The van der Waals surface area contributed by atoms with Crippen molar-refractivity contribution < 1.29 is 24.1 Å². The van der Waals surface area contributed by atoms with Crippen molar-refractivity contribution >= 4 is 11.6 Å². The van der Waals surface area contributed by atoms with Gasteiger partial charge in [-0.3, -0.25) is 4.79 Å². The van der Waals surface area contributed by atoms with Gasteiger partial charge in [-0.1, -0.05) is 194 Å². The molecule has 0 saturated carbocycles. The van der Waals surface area contributed by atoms with Gasteiger partial charge in [-0.05, 0) is 55.7 Å². The smallest absolute Gasteiger partial charge is 0.255 e. The van der Waals surface area contributed by atoms with E-state index in [1.54, 1.807) is 24.3 Å². The number of carbonyl (C=O) groups is 1. The first-order chi connectivity index (χ1) is 27.1. The molecule has 314 valence electrons. The molecule has 0 atom stereocenters. The summed E-state index contributed by atoms with van der Waals surface area (Å²) in [6.07, 6.45) is 38.0. The van der Waals surface area contributed by atoms with E-state index in [9.17, 15) is 9.90 Å². The maximum absolute atomic E-state index is 13.6. The molecule has 0 spiro atoms. The Morgan fingerprint density at radius 3 is 1.11 bits per heavy atom. The Bertz CT molecular complexity index is 1140.